The first-order valence-corrected chi connectivity index (χ1v) is 7.17. The van der Waals surface area contributed by atoms with Gasteiger partial charge in [0.25, 0.3) is 0 Å². The number of nitrogens with zero attached hydrogens (tertiary/aromatic N) is 1. The van der Waals surface area contributed by atoms with Crippen molar-refractivity contribution in [3.05, 3.63) is 0 Å². The second-order valence-electron chi connectivity index (χ2n) is 5.23. The van der Waals surface area contributed by atoms with Gasteiger partial charge in [-0.05, 0) is 33.6 Å². The Morgan fingerprint density at radius 3 is 2.00 bits per heavy atom. The summed E-state index contributed by atoms with van der Waals surface area (Å²) in [5, 5.41) is 0. The number of likely N-dealkylation sites (tertiary alicyclic amines) is 1. The monoisotopic (exact) mass is 336 g/mol. The molecule has 114 valence electrons. The van der Waals surface area contributed by atoms with Gasteiger partial charge in [-0.1, -0.05) is 0 Å². The van der Waals surface area contributed by atoms with Gasteiger partial charge >= 0.3 is 57.5 Å². The SMILES string of the molecule is CC(C)(C)OC(=O)N1CCC(N)CC1.O=S(=O)([O-])O.[K+]. The molecule has 1 aliphatic heterocycles. The van der Waals surface area contributed by atoms with Crippen molar-refractivity contribution in [2.24, 2.45) is 5.73 Å². The third-order valence-corrected chi connectivity index (χ3v) is 2.19. The van der Waals surface area contributed by atoms with Crippen LogP contribution in [0.15, 0.2) is 0 Å². The quantitative estimate of drug-likeness (QED) is 0.280. The van der Waals surface area contributed by atoms with Crippen molar-refractivity contribution in [2.75, 3.05) is 13.1 Å². The summed E-state index contributed by atoms with van der Waals surface area (Å²) >= 11 is 0. The molecule has 10 heteroatoms. The molecule has 0 radical (unpaired) electrons. The predicted molar refractivity (Wildman–Crippen MR) is 67.3 cm³/mol. The van der Waals surface area contributed by atoms with E-state index in [-0.39, 0.29) is 63.5 Å². The first-order chi connectivity index (χ1) is 8.38. The van der Waals surface area contributed by atoms with E-state index in [1.54, 1.807) is 4.90 Å². The number of carbonyl (C=O) groups is 1. The van der Waals surface area contributed by atoms with Crippen LogP contribution in [0.4, 0.5) is 4.79 Å². The van der Waals surface area contributed by atoms with Gasteiger partial charge in [-0.25, -0.2) is 13.2 Å². The van der Waals surface area contributed by atoms with Crippen molar-refractivity contribution in [1.82, 2.24) is 4.90 Å². The van der Waals surface area contributed by atoms with E-state index in [4.69, 9.17) is 28.0 Å². The summed E-state index contributed by atoms with van der Waals surface area (Å²) in [5.74, 6) is 0. The number of hydrogen-bond acceptors (Lipinski definition) is 6. The Morgan fingerprint density at radius 2 is 1.70 bits per heavy atom. The maximum atomic E-state index is 11.6. The number of nitrogens with two attached hydrogens (primary N) is 1. The van der Waals surface area contributed by atoms with E-state index in [9.17, 15) is 4.79 Å². The van der Waals surface area contributed by atoms with Crippen LogP contribution >= 0.6 is 0 Å². The Bertz CT molecular complexity index is 379. The normalized spacial score (nSPS) is 16.6. The summed E-state index contributed by atoms with van der Waals surface area (Å²) in [4.78, 5) is 13.3. The Morgan fingerprint density at radius 1 is 1.35 bits per heavy atom. The van der Waals surface area contributed by atoms with E-state index >= 15 is 0 Å². The summed E-state index contributed by atoms with van der Waals surface area (Å²) in [6, 6.07) is 0.244. The van der Waals surface area contributed by atoms with Crippen LogP contribution in [-0.4, -0.2) is 53.2 Å². The molecule has 0 saturated carbocycles. The van der Waals surface area contributed by atoms with Gasteiger partial charge < -0.3 is 19.9 Å². The van der Waals surface area contributed by atoms with Gasteiger partial charge in [0.2, 0.25) is 10.4 Å². The molecule has 0 bridgehead atoms. The van der Waals surface area contributed by atoms with Gasteiger partial charge in [0.1, 0.15) is 5.60 Å². The van der Waals surface area contributed by atoms with E-state index in [0.29, 0.717) is 0 Å². The first kappa shape index (κ1) is 23.0. The molecule has 1 heterocycles. The molecule has 1 amide bonds. The zero-order chi connectivity index (χ0) is 15.3. The molecule has 1 rings (SSSR count). The molecule has 1 saturated heterocycles. The minimum Gasteiger partial charge on any atom is -0.726 e. The fourth-order valence-electron chi connectivity index (χ4n) is 1.41. The number of piperidine rings is 1. The Hall–Kier alpha value is 0.736. The molecular weight excluding hydrogens is 315 g/mol. The molecule has 1 fully saturated rings. The third-order valence-electron chi connectivity index (χ3n) is 2.19. The number of carbonyl (C=O) groups excluding carboxylic acids is 1. The van der Waals surface area contributed by atoms with Crippen LogP contribution in [0.1, 0.15) is 33.6 Å². The summed E-state index contributed by atoms with van der Waals surface area (Å²) < 4.78 is 38.1. The van der Waals surface area contributed by atoms with Crippen LogP contribution in [-0.2, 0) is 15.1 Å². The smallest absolute Gasteiger partial charge is 0.726 e. The zero-order valence-corrected chi connectivity index (χ0v) is 16.3. The van der Waals surface area contributed by atoms with Crippen molar-refractivity contribution >= 4 is 16.5 Å². The second kappa shape index (κ2) is 9.69. The average Bonchev–Trinajstić information content (AvgIpc) is 2.12. The van der Waals surface area contributed by atoms with Crippen LogP contribution < -0.4 is 57.1 Å². The van der Waals surface area contributed by atoms with Gasteiger partial charge in [-0.2, -0.15) is 0 Å². The molecule has 0 spiro atoms. The van der Waals surface area contributed by atoms with Crippen LogP contribution in [0, 0.1) is 0 Å². The Kier molecular flexibility index (Phi) is 11.2. The number of ether oxygens (including phenoxy) is 1. The first-order valence-electron chi connectivity index (χ1n) is 5.80. The van der Waals surface area contributed by atoms with Crippen LogP contribution in [0.5, 0.6) is 0 Å². The molecule has 0 aromatic heterocycles. The van der Waals surface area contributed by atoms with E-state index < -0.39 is 16.0 Å². The van der Waals surface area contributed by atoms with Crippen LogP contribution in [0.2, 0.25) is 0 Å². The predicted octanol–water partition coefficient (Wildman–Crippen LogP) is -2.65. The minimum atomic E-state index is -4.92. The van der Waals surface area contributed by atoms with E-state index in [0.717, 1.165) is 25.9 Å². The standard InChI is InChI=1S/C10H20N2O2.K.H2O4S/c1-10(2,3)14-9(13)12-6-4-8(11)5-7-12;;1-5(2,3)4/h8H,4-7,11H2,1-3H3;;(H2,1,2,3,4)/q;+1;/p-1. The number of hydrogen-bond donors (Lipinski definition) is 2. The van der Waals surface area contributed by atoms with Gasteiger partial charge in [-0.3, -0.25) is 4.55 Å². The van der Waals surface area contributed by atoms with Crippen molar-refractivity contribution < 1.29 is 78.4 Å². The second-order valence-corrected chi connectivity index (χ2v) is 6.09. The maximum Gasteiger partial charge on any atom is 1.00 e. The van der Waals surface area contributed by atoms with Crippen molar-refractivity contribution in [2.45, 2.75) is 45.3 Å². The molecule has 20 heavy (non-hydrogen) atoms. The van der Waals surface area contributed by atoms with Gasteiger partial charge in [0, 0.05) is 19.1 Å². The topological polar surface area (TPSA) is 133 Å². The fourth-order valence-corrected chi connectivity index (χ4v) is 1.41. The molecule has 0 aliphatic carbocycles. The molecule has 0 unspecified atom stereocenters. The molecule has 1 aliphatic rings. The molecule has 0 atom stereocenters. The van der Waals surface area contributed by atoms with Crippen molar-refractivity contribution in [3.63, 3.8) is 0 Å². The third kappa shape index (κ3) is 15.1. The van der Waals surface area contributed by atoms with E-state index in [1.165, 1.54) is 0 Å². The molecule has 8 nitrogen and oxygen atoms in total. The van der Waals surface area contributed by atoms with E-state index in [2.05, 4.69) is 0 Å². The Balaban J connectivity index is 0. The summed E-state index contributed by atoms with van der Waals surface area (Å²) in [7, 11) is -4.92. The molecule has 0 aromatic carbocycles. The fraction of sp³-hybridized carbons (Fsp3) is 0.900. The summed E-state index contributed by atoms with van der Waals surface area (Å²) in [6.45, 7) is 7.06. The number of rotatable bonds is 0. The molecule has 3 N–H and O–H groups in total. The van der Waals surface area contributed by atoms with Crippen molar-refractivity contribution in [1.29, 1.82) is 0 Å². The maximum absolute atomic E-state index is 11.6. The molecule has 0 aromatic rings. The van der Waals surface area contributed by atoms with E-state index in [1.807, 2.05) is 20.8 Å². The summed E-state index contributed by atoms with van der Waals surface area (Å²) in [6.07, 6.45) is 1.53. The largest absolute Gasteiger partial charge is 1.00 e. The van der Waals surface area contributed by atoms with Crippen molar-refractivity contribution in [3.8, 4) is 0 Å². The summed E-state index contributed by atoms with van der Waals surface area (Å²) in [5.41, 5.74) is 5.34. The van der Waals surface area contributed by atoms with Gasteiger partial charge in [-0.15, -0.1) is 0 Å². The van der Waals surface area contributed by atoms with Gasteiger partial charge in [0.15, 0.2) is 0 Å². The number of amides is 1. The molecular formula is C10H21KN2O6S. The van der Waals surface area contributed by atoms with Crippen LogP contribution in [0.25, 0.3) is 0 Å². The minimum absolute atomic E-state index is 0. The average molecular weight is 336 g/mol. The van der Waals surface area contributed by atoms with Gasteiger partial charge in [0.05, 0.1) is 0 Å². The Labute approximate surface area is 162 Å². The zero-order valence-electron chi connectivity index (χ0n) is 12.3. The van der Waals surface area contributed by atoms with Crippen LogP contribution in [0.3, 0.4) is 0 Å².